The van der Waals surface area contributed by atoms with Crippen LogP contribution in [-0.4, -0.2) is 0 Å². The monoisotopic (exact) mass is 228 g/mol. The molecule has 17 heavy (non-hydrogen) atoms. The Morgan fingerprint density at radius 2 is 1.82 bits per heavy atom. The summed E-state index contributed by atoms with van der Waals surface area (Å²) in [6, 6.07) is 10.6. The van der Waals surface area contributed by atoms with Crippen LogP contribution in [0.15, 0.2) is 54.1 Å². The number of allylic oxidation sites excluding steroid dienone is 4. The minimum atomic E-state index is 1.04. The van der Waals surface area contributed by atoms with Gasteiger partial charge in [-0.25, -0.2) is 0 Å². The molecule has 0 aromatic heterocycles. The molecule has 1 rings (SSSR count). The molecular formula is C17H24. The van der Waals surface area contributed by atoms with Gasteiger partial charge < -0.3 is 0 Å². The standard InChI is InChI=1S/C17H24/c1-3-5-11-16(10-4-2)14-9-15-17-12-7-6-8-13-17/h6-9,11-14H,3-5,10,15H2,1-2H3/b14-9+,16-11+. The van der Waals surface area contributed by atoms with E-state index < -0.39 is 0 Å². The smallest absolute Gasteiger partial charge is 0.00942 e. The van der Waals surface area contributed by atoms with Gasteiger partial charge in [0.1, 0.15) is 0 Å². The van der Waals surface area contributed by atoms with Gasteiger partial charge in [0, 0.05) is 0 Å². The van der Waals surface area contributed by atoms with Crippen molar-refractivity contribution >= 4 is 0 Å². The summed E-state index contributed by atoms with van der Waals surface area (Å²) in [5, 5.41) is 0. The fourth-order valence-corrected chi connectivity index (χ4v) is 1.83. The van der Waals surface area contributed by atoms with E-state index in [2.05, 4.69) is 62.4 Å². The van der Waals surface area contributed by atoms with Crippen molar-refractivity contribution in [3.8, 4) is 0 Å². The van der Waals surface area contributed by atoms with Gasteiger partial charge in [0.25, 0.3) is 0 Å². The molecular weight excluding hydrogens is 204 g/mol. The van der Waals surface area contributed by atoms with Gasteiger partial charge in [-0.2, -0.15) is 0 Å². The van der Waals surface area contributed by atoms with E-state index in [1.54, 1.807) is 0 Å². The van der Waals surface area contributed by atoms with E-state index in [0.717, 1.165) is 6.42 Å². The van der Waals surface area contributed by atoms with Crippen molar-refractivity contribution in [3.05, 3.63) is 59.7 Å². The molecule has 0 heteroatoms. The average molecular weight is 228 g/mol. The van der Waals surface area contributed by atoms with Crippen LogP contribution >= 0.6 is 0 Å². The van der Waals surface area contributed by atoms with E-state index in [0.29, 0.717) is 0 Å². The van der Waals surface area contributed by atoms with Gasteiger partial charge in [-0.15, -0.1) is 0 Å². The number of benzene rings is 1. The molecule has 0 amide bonds. The molecule has 92 valence electrons. The molecule has 1 aromatic carbocycles. The molecule has 0 N–H and O–H groups in total. The topological polar surface area (TPSA) is 0 Å². The van der Waals surface area contributed by atoms with Crippen LogP contribution in [0, 0.1) is 0 Å². The highest BCUT2D eigenvalue weighted by Gasteiger charge is 1.91. The number of rotatable bonds is 7. The zero-order valence-corrected chi connectivity index (χ0v) is 11.2. The third kappa shape index (κ3) is 6.11. The molecule has 0 spiro atoms. The Morgan fingerprint density at radius 3 is 2.47 bits per heavy atom. The van der Waals surface area contributed by atoms with Gasteiger partial charge in [0.15, 0.2) is 0 Å². The van der Waals surface area contributed by atoms with Crippen molar-refractivity contribution in [1.82, 2.24) is 0 Å². The molecule has 0 nitrogen and oxygen atoms in total. The Balaban J connectivity index is 2.49. The normalized spacial score (nSPS) is 12.2. The second kappa shape index (κ2) is 8.81. The lowest BCUT2D eigenvalue weighted by atomic mass is 10.1. The minimum Gasteiger partial charge on any atom is -0.0813 e. The number of hydrogen-bond acceptors (Lipinski definition) is 0. The van der Waals surface area contributed by atoms with Crippen LogP contribution in [0.3, 0.4) is 0 Å². The van der Waals surface area contributed by atoms with Crippen LogP contribution in [0.1, 0.15) is 45.1 Å². The molecule has 0 radical (unpaired) electrons. The summed E-state index contributed by atoms with van der Waals surface area (Å²) >= 11 is 0. The predicted octanol–water partition coefficient (Wildman–Crippen LogP) is 5.31. The highest BCUT2D eigenvalue weighted by atomic mass is 14.0. The SMILES string of the molecule is CCC/C=C(/C=C/Cc1ccccc1)CCC. The maximum absolute atomic E-state index is 2.38. The fourth-order valence-electron chi connectivity index (χ4n) is 1.83. The first kappa shape index (κ1) is 13.8. The average Bonchev–Trinajstić information content (AvgIpc) is 2.37. The maximum atomic E-state index is 2.38. The summed E-state index contributed by atoms with van der Waals surface area (Å²) in [5.41, 5.74) is 2.88. The second-order valence-electron chi connectivity index (χ2n) is 4.41. The molecule has 1 aromatic rings. The minimum absolute atomic E-state index is 1.04. The van der Waals surface area contributed by atoms with E-state index in [9.17, 15) is 0 Å². The van der Waals surface area contributed by atoms with Crippen molar-refractivity contribution in [3.63, 3.8) is 0 Å². The Hall–Kier alpha value is -1.30. The molecule has 0 saturated heterocycles. The molecule has 0 fully saturated rings. The summed E-state index contributed by atoms with van der Waals surface area (Å²) in [6.07, 6.45) is 12.9. The zero-order valence-electron chi connectivity index (χ0n) is 11.2. The molecule has 0 unspecified atom stereocenters. The van der Waals surface area contributed by atoms with Crippen molar-refractivity contribution in [2.75, 3.05) is 0 Å². The first-order valence-electron chi connectivity index (χ1n) is 6.76. The van der Waals surface area contributed by atoms with Crippen LogP contribution in [0.2, 0.25) is 0 Å². The Morgan fingerprint density at radius 1 is 1.06 bits per heavy atom. The molecule has 0 aliphatic rings. The predicted molar refractivity (Wildman–Crippen MR) is 77.2 cm³/mol. The molecule has 0 saturated carbocycles. The molecule has 0 aliphatic heterocycles. The first-order chi connectivity index (χ1) is 8.36. The summed E-state index contributed by atoms with van der Waals surface area (Å²) in [6.45, 7) is 4.47. The lowest BCUT2D eigenvalue weighted by Gasteiger charge is -2.00. The largest absolute Gasteiger partial charge is 0.0813 e. The molecule has 0 atom stereocenters. The molecule has 0 aliphatic carbocycles. The summed E-state index contributed by atoms with van der Waals surface area (Å²) < 4.78 is 0. The van der Waals surface area contributed by atoms with Crippen molar-refractivity contribution in [2.45, 2.75) is 46.0 Å². The van der Waals surface area contributed by atoms with Gasteiger partial charge in [0.05, 0.1) is 0 Å². The van der Waals surface area contributed by atoms with Gasteiger partial charge in [-0.3, -0.25) is 0 Å². The van der Waals surface area contributed by atoms with Gasteiger partial charge in [-0.1, -0.05) is 80.8 Å². The highest BCUT2D eigenvalue weighted by molar-refractivity contribution is 5.23. The lowest BCUT2D eigenvalue weighted by molar-refractivity contribution is 0.893. The van der Waals surface area contributed by atoms with Crippen molar-refractivity contribution in [2.24, 2.45) is 0 Å². The second-order valence-corrected chi connectivity index (χ2v) is 4.41. The van der Waals surface area contributed by atoms with Gasteiger partial charge in [-0.05, 0) is 24.8 Å². The molecule has 0 heterocycles. The lowest BCUT2D eigenvalue weighted by Crippen LogP contribution is -1.82. The summed E-state index contributed by atoms with van der Waals surface area (Å²) in [4.78, 5) is 0. The maximum Gasteiger partial charge on any atom is -0.00942 e. The fraction of sp³-hybridized carbons (Fsp3) is 0.412. The Bertz CT molecular complexity index is 344. The van der Waals surface area contributed by atoms with Crippen LogP contribution in [0.4, 0.5) is 0 Å². The third-order valence-electron chi connectivity index (χ3n) is 2.76. The van der Waals surface area contributed by atoms with Crippen LogP contribution in [0.25, 0.3) is 0 Å². The van der Waals surface area contributed by atoms with Crippen molar-refractivity contribution in [1.29, 1.82) is 0 Å². The third-order valence-corrected chi connectivity index (χ3v) is 2.76. The summed E-state index contributed by atoms with van der Waals surface area (Å²) in [7, 11) is 0. The Kier molecular flexibility index (Phi) is 7.13. The highest BCUT2D eigenvalue weighted by Crippen LogP contribution is 2.10. The number of hydrogen-bond donors (Lipinski definition) is 0. The van der Waals surface area contributed by atoms with Crippen LogP contribution in [0.5, 0.6) is 0 Å². The zero-order chi connectivity index (χ0) is 12.3. The van der Waals surface area contributed by atoms with E-state index in [4.69, 9.17) is 0 Å². The van der Waals surface area contributed by atoms with Crippen LogP contribution < -0.4 is 0 Å². The van der Waals surface area contributed by atoms with E-state index in [1.165, 1.54) is 36.8 Å². The first-order valence-corrected chi connectivity index (χ1v) is 6.76. The van der Waals surface area contributed by atoms with E-state index in [1.807, 2.05) is 0 Å². The van der Waals surface area contributed by atoms with Crippen molar-refractivity contribution < 1.29 is 0 Å². The van der Waals surface area contributed by atoms with Gasteiger partial charge >= 0.3 is 0 Å². The number of unbranched alkanes of at least 4 members (excludes halogenated alkanes) is 1. The Labute approximate surface area is 106 Å². The van der Waals surface area contributed by atoms with E-state index >= 15 is 0 Å². The van der Waals surface area contributed by atoms with E-state index in [-0.39, 0.29) is 0 Å². The summed E-state index contributed by atoms with van der Waals surface area (Å²) in [5.74, 6) is 0. The van der Waals surface area contributed by atoms with Gasteiger partial charge in [0.2, 0.25) is 0 Å². The quantitative estimate of drug-likeness (QED) is 0.555. The molecule has 0 bridgehead atoms. The van der Waals surface area contributed by atoms with Crippen LogP contribution in [-0.2, 0) is 6.42 Å².